The number of nitrogens with one attached hydrogen (secondary N) is 2. The SMILES string of the molecule is CN=C(NCc1ccc(OCC2CC2)nc1)NCC(C)Oc1cccc(OC)c1. The number of methoxy groups -OCH3 is 1. The molecule has 1 heterocycles. The number of hydrogen-bond acceptors (Lipinski definition) is 5. The quantitative estimate of drug-likeness (QED) is 0.473. The van der Waals surface area contributed by atoms with Crippen LogP contribution in [0, 0.1) is 5.92 Å². The van der Waals surface area contributed by atoms with Gasteiger partial charge in [0.2, 0.25) is 5.88 Å². The van der Waals surface area contributed by atoms with E-state index < -0.39 is 0 Å². The summed E-state index contributed by atoms with van der Waals surface area (Å²) < 4.78 is 16.8. The topological polar surface area (TPSA) is 77.0 Å². The standard InChI is InChI=1S/C22H30N4O3/c1-16(29-20-6-4-5-19(11-20)27-3)12-25-22(23-2)26-14-18-9-10-21(24-13-18)28-15-17-7-8-17/h4-6,9-11,13,16-17H,7-8,12,14-15H2,1-3H3,(H2,23,25,26). The second-order valence-corrected chi connectivity index (χ2v) is 7.17. The van der Waals surface area contributed by atoms with Crippen LogP contribution in [0.4, 0.5) is 0 Å². The molecule has 1 saturated carbocycles. The van der Waals surface area contributed by atoms with E-state index in [-0.39, 0.29) is 6.10 Å². The molecule has 156 valence electrons. The van der Waals surface area contributed by atoms with E-state index in [1.54, 1.807) is 14.2 Å². The zero-order valence-electron chi connectivity index (χ0n) is 17.4. The molecule has 1 aromatic heterocycles. The molecular formula is C22H30N4O3. The smallest absolute Gasteiger partial charge is 0.213 e. The van der Waals surface area contributed by atoms with E-state index in [2.05, 4.69) is 20.6 Å². The molecule has 2 aromatic rings. The zero-order valence-corrected chi connectivity index (χ0v) is 17.4. The molecule has 2 N–H and O–H groups in total. The van der Waals surface area contributed by atoms with E-state index in [1.165, 1.54) is 12.8 Å². The minimum atomic E-state index is -0.0368. The fraction of sp³-hybridized carbons (Fsp3) is 0.455. The highest BCUT2D eigenvalue weighted by atomic mass is 16.5. The Hall–Kier alpha value is -2.96. The summed E-state index contributed by atoms with van der Waals surface area (Å²) in [6, 6.07) is 11.5. The molecule has 0 aliphatic heterocycles. The molecule has 1 atom stereocenters. The summed E-state index contributed by atoms with van der Waals surface area (Å²) in [5, 5.41) is 6.56. The van der Waals surface area contributed by atoms with Gasteiger partial charge in [-0.3, -0.25) is 4.99 Å². The number of aromatic nitrogens is 1. The second-order valence-electron chi connectivity index (χ2n) is 7.17. The second kappa shape index (κ2) is 10.5. The molecule has 1 fully saturated rings. The molecule has 0 amide bonds. The van der Waals surface area contributed by atoms with E-state index in [1.807, 2.05) is 49.5 Å². The van der Waals surface area contributed by atoms with E-state index in [9.17, 15) is 0 Å². The maximum absolute atomic E-state index is 5.92. The van der Waals surface area contributed by atoms with Gasteiger partial charge in [-0.25, -0.2) is 4.98 Å². The molecule has 3 rings (SSSR count). The van der Waals surface area contributed by atoms with Gasteiger partial charge in [0.05, 0.1) is 20.3 Å². The number of guanidine groups is 1. The normalized spacial score (nSPS) is 14.8. The summed E-state index contributed by atoms with van der Waals surface area (Å²) in [5.41, 5.74) is 1.06. The fourth-order valence-electron chi connectivity index (χ4n) is 2.68. The third-order valence-corrected chi connectivity index (χ3v) is 4.58. The number of hydrogen-bond donors (Lipinski definition) is 2. The maximum atomic E-state index is 5.92. The first-order chi connectivity index (χ1) is 14.2. The Kier molecular flexibility index (Phi) is 7.55. The van der Waals surface area contributed by atoms with Crippen molar-refractivity contribution in [1.82, 2.24) is 15.6 Å². The van der Waals surface area contributed by atoms with Crippen LogP contribution in [0.1, 0.15) is 25.3 Å². The summed E-state index contributed by atoms with van der Waals surface area (Å²) in [6.07, 6.45) is 4.34. The average Bonchev–Trinajstić information content (AvgIpc) is 3.58. The predicted molar refractivity (Wildman–Crippen MR) is 114 cm³/mol. The van der Waals surface area contributed by atoms with Gasteiger partial charge in [-0.1, -0.05) is 12.1 Å². The lowest BCUT2D eigenvalue weighted by atomic mass is 10.3. The Labute approximate surface area is 172 Å². The van der Waals surface area contributed by atoms with Crippen molar-refractivity contribution < 1.29 is 14.2 Å². The molecule has 0 saturated heterocycles. The highest BCUT2D eigenvalue weighted by Gasteiger charge is 2.22. The van der Waals surface area contributed by atoms with E-state index in [0.717, 1.165) is 29.6 Å². The molecule has 29 heavy (non-hydrogen) atoms. The van der Waals surface area contributed by atoms with Crippen LogP contribution in [0.5, 0.6) is 17.4 Å². The van der Waals surface area contributed by atoms with Crippen LogP contribution in [0.25, 0.3) is 0 Å². The van der Waals surface area contributed by atoms with E-state index in [4.69, 9.17) is 14.2 Å². The van der Waals surface area contributed by atoms with Gasteiger partial charge >= 0.3 is 0 Å². The van der Waals surface area contributed by atoms with Crippen LogP contribution in [-0.2, 0) is 6.54 Å². The summed E-state index contributed by atoms with van der Waals surface area (Å²) >= 11 is 0. The molecule has 7 nitrogen and oxygen atoms in total. The Bertz CT molecular complexity index is 791. The summed E-state index contributed by atoms with van der Waals surface area (Å²) in [4.78, 5) is 8.62. The van der Waals surface area contributed by atoms with Crippen LogP contribution >= 0.6 is 0 Å². The van der Waals surface area contributed by atoms with Gasteiger partial charge in [-0.05, 0) is 43.4 Å². The zero-order chi connectivity index (χ0) is 20.5. The molecule has 1 unspecified atom stereocenters. The molecule has 1 aliphatic carbocycles. The van der Waals surface area contributed by atoms with E-state index in [0.29, 0.717) is 24.9 Å². The average molecular weight is 399 g/mol. The Morgan fingerprint density at radius 2 is 2.03 bits per heavy atom. The van der Waals surface area contributed by atoms with Gasteiger partial charge < -0.3 is 24.8 Å². The lowest BCUT2D eigenvalue weighted by molar-refractivity contribution is 0.223. The molecule has 7 heteroatoms. The lowest BCUT2D eigenvalue weighted by Gasteiger charge is -2.18. The number of aliphatic imine (C=N–C) groups is 1. The van der Waals surface area contributed by atoms with Crippen LogP contribution in [0.3, 0.4) is 0 Å². The first-order valence-corrected chi connectivity index (χ1v) is 9.99. The van der Waals surface area contributed by atoms with Crippen molar-refractivity contribution in [2.75, 3.05) is 27.3 Å². The molecule has 0 bridgehead atoms. The number of nitrogens with zero attached hydrogens (tertiary/aromatic N) is 2. The molecule has 1 aliphatic rings. The van der Waals surface area contributed by atoms with Crippen molar-refractivity contribution in [3.05, 3.63) is 48.2 Å². The van der Waals surface area contributed by atoms with Gasteiger partial charge in [0, 0.05) is 31.9 Å². The highest BCUT2D eigenvalue weighted by molar-refractivity contribution is 5.79. The Morgan fingerprint density at radius 1 is 1.21 bits per heavy atom. The van der Waals surface area contributed by atoms with Gasteiger partial charge in [-0.2, -0.15) is 0 Å². The highest BCUT2D eigenvalue weighted by Crippen LogP contribution is 2.29. The molecule has 0 spiro atoms. The number of pyridine rings is 1. The van der Waals surface area contributed by atoms with Gasteiger partial charge in [0.25, 0.3) is 0 Å². The van der Waals surface area contributed by atoms with Crippen molar-refractivity contribution in [2.24, 2.45) is 10.9 Å². The van der Waals surface area contributed by atoms with Gasteiger partial charge in [0.15, 0.2) is 5.96 Å². The van der Waals surface area contributed by atoms with Crippen molar-refractivity contribution in [1.29, 1.82) is 0 Å². The Morgan fingerprint density at radius 3 is 2.72 bits per heavy atom. The predicted octanol–water partition coefficient (Wildman–Crippen LogP) is 3.01. The number of benzene rings is 1. The molecule has 0 radical (unpaired) electrons. The summed E-state index contributed by atoms with van der Waals surface area (Å²) in [7, 11) is 3.39. The first kappa shape index (κ1) is 20.8. The van der Waals surface area contributed by atoms with Crippen molar-refractivity contribution >= 4 is 5.96 Å². The van der Waals surface area contributed by atoms with Crippen LogP contribution in [-0.4, -0.2) is 44.4 Å². The minimum absolute atomic E-state index is 0.0368. The Balaban J connectivity index is 1.39. The summed E-state index contributed by atoms with van der Waals surface area (Å²) in [5.74, 6) is 3.67. The first-order valence-electron chi connectivity index (χ1n) is 9.99. The fourth-order valence-corrected chi connectivity index (χ4v) is 2.68. The van der Waals surface area contributed by atoms with Crippen LogP contribution in [0.2, 0.25) is 0 Å². The minimum Gasteiger partial charge on any atom is -0.497 e. The third kappa shape index (κ3) is 7.18. The van der Waals surface area contributed by atoms with Crippen molar-refractivity contribution in [2.45, 2.75) is 32.4 Å². The maximum Gasteiger partial charge on any atom is 0.213 e. The van der Waals surface area contributed by atoms with Gasteiger partial charge in [-0.15, -0.1) is 0 Å². The van der Waals surface area contributed by atoms with Crippen LogP contribution in [0.15, 0.2) is 47.6 Å². The van der Waals surface area contributed by atoms with Crippen molar-refractivity contribution in [3.8, 4) is 17.4 Å². The third-order valence-electron chi connectivity index (χ3n) is 4.58. The largest absolute Gasteiger partial charge is 0.497 e. The van der Waals surface area contributed by atoms with Crippen molar-refractivity contribution in [3.63, 3.8) is 0 Å². The number of ether oxygens (including phenoxy) is 3. The summed E-state index contributed by atoms with van der Waals surface area (Å²) in [6.45, 7) is 4.02. The monoisotopic (exact) mass is 398 g/mol. The molecular weight excluding hydrogens is 368 g/mol. The van der Waals surface area contributed by atoms with Gasteiger partial charge in [0.1, 0.15) is 17.6 Å². The van der Waals surface area contributed by atoms with E-state index >= 15 is 0 Å². The van der Waals surface area contributed by atoms with Crippen LogP contribution < -0.4 is 24.8 Å². The molecule has 1 aromatic carbocycles. The lowest BCUT2D eigenvalue weighted by Crippen LogP contribution is -2.41. The number of rotatable bonds is 10.